The van der Waals surface area contributed by atoms with Gasteiger partial charge in [-0.1, -0.05) is 17.9 Å². The number of aliphatic hydroxyl groups is 1. The fraction of sp³-hybridized carbons (Fsp3) is 0.250. The number of ketones is 2. The number of fused-ring (bicyclic) bond motifs is 1. The molecule has 108 valence electrons. The summed E-state index contributed by atoms with van der Waals surface area (Å²) in [6.45, 7) is 1.46. The molecule has 0 radical (unpaired) electrons. The van der Waals surface area contributed by atoms with Crippen molar-refractivity contribution < 1.29 is 19.8 Å². The lowest BCUT2D eigenvalue weighted by Gasteiger charge is -2.23. The molecular formula is C16H15NO4. The van der Waals surface area contributed by atoms with Gasteiger partial charge in [0, 0.05) is 19.7 Å². The van der Waals surface area contributed by atoms with Crippen molar-refractivity contribution in [2.45, 2.75) is 13.0 Å². The van der Waals surface area contributed by atoms with Crippen LogP contribution in [0.3, 0.4) is 0 Å². The van der Waals surface area contributed by atoms with Gasteiger partial charge in [0.05, 0.1) is 5.56 Å². The van der Waals surface area contributed by atoms with Gasteiger partial charge >= 0.3 is 0 Å². The predicted molar refractivity (Wildman–Crippen MR) is 76.9 cm³/mol. The second-order valence-electron chi connectivity index (χ2n) is 4.92. The first-order chi connectivity index (χ1) is 9.84. The molecule has 0 saturated heterocycles. The predicted octanol–water partition coefficient (Wildman–Crippen LogP) is 0.971. The van der Waals surface area contributed by atoms with E-state index >= 15 is 0 Å². The largest absolute Gasteiger partial charge is 0.507 e. The van der Waals surface area contributed by atoms with Gasteiger partial charge in [-0.3, -0.25) is 9.59 Å². The van der Waals surface area contributed by atoms with Crippen molar-refractivity contribution in [1.29, 1.82) is 0 Å². The molecule has 2 rings (SSSR count). The summed E-state index contributed by atoms with van der Waals surface area (Å²) in [4.78, 5) is 26.6. The van der Waals surface area contributed by atoms with Crippen LogP contribution in [0.1, 0.15) is 27.6 Å². The number of nitrogens with zero attached hydrogens (tertiary/aromatic N) is 1. The number of allylic oxidation sites excluding steroid dienone is 2. The van der Waals surface area contributed by atoms with E-state index in [1.54, 1.807) is 14.1 Å². The third-order valence-corrected chi connectivity index (χ3v) is 3.05. The Bertz CT molecular complexity index is 718. The Kier molecular flexibility index (Phi) is 3.83. The van der Waals surface area contributed by atoms with Crippen LogP contribution in [0.5, 0.6) is 5.75 Å². The maximum atomic E-state index is 12.5. The first kappa shape index (κ1) is 14.8. The normalized spacial score (nSPS) is 15.2. The van der Waals surface area contributed by atoms with Crippen LogP contribution in [0, 0.1) is 11.8 Å². The van der Waals surface area contributed by atoms with Gasteiger partial charge in [-0.05, 0) is 19.1 Å². The number of hydrogen-bond acceptors (Lipinski definition) is 5. The maximum Gasteiger partial charge on any atom is 0.211 e. The molecule has 1 aromatic rings. The molecule has 1 aliphatic rings. The monoisotopic (exact) mass is 285 g/mol. The van der Waals surface area contributed by atoms with Crippen LogP contribution in [-0.4, -0.2) is 46.9 Å². The van der Waals surface area contributed by atoms with Crippen molar-refractivity contribution in [2.75, 3.05) is 14.1 Å². The van der Waals surface area contributed by atoms with Crippen molar-refractivity contribution in [3.05, 3.63) is 40.6 Å². The average Bonchev–Trinajstić information content (AvgIpc) is 2.40. The zero-order valence-corrected chi connectivity index (χ0v) is 12.0. The molecule has 0 aromatic heterocycles. The first-order valence-corrected chi connectivity index (χ1v) is 6.37. The summed E-state index contributed by atoms with van der Waals surface area (Å²) < 4.78 is 0. The topological polar surface area (TPSA) is 77.8 Å². The van der Waals surface area contributed by atoms with Gasteiger partial charge < -0.3 is 15.1 Å². The molecule has 1 atom stereocenters. The van der Waals surface area contributed by atoms with Crippen LogP contribution in [0.2, 0.25) is 0 Å². The van der Waals surface area contributed by atoms with Crippen molar-refractivity contribution >= 4 is 11.6 Å². The lowest BCUT2D eigenvalue weighted by atomic mass is 9.86. The second kappa shape index (κ2) is 5.43. The molecule has 21 heavy (non-hydrogen) atoms. The van der Waals surface area contributed by atoms with E-state index in [0.29, 0.717) is 0 Å². The maximum absolute atomic E-state index is 12.5. The summed E-state index contributed by atoms with van der Waals surface area (Å²) in [6.07, 6.45) is -0.922. The van der Waals surface area contributed by atoms with Gasteiger partial charge in [-0.15, -0.1) is 0 Å². The third-order valence-electron chi connectivity index (χ3n) is 3.05. The summed E-state index contributed by atoms with van der Waals surface area (Å²) in [7, 11) is 3.27. The van der Waals surface area contributed by atoms with Crippen LogP contribution in [0.15, 0.2) is 29.5 Å². The van der Waals surface area contributed by atoms with E-state index in [0.717, 1.165) is 0 Å². The molecule has 5 nitrogen and oxygen atoms in total. The molecule has 0 saturated carbocycles. The van der Waals surface area contributed by atoms with Crippen LogP contribution in [0.4, 0.5) is 0 Å². The highest BCUT2D eigenvalue weighted by molar-refractivity contribution is 6.29. The van der Waals surface area contributed by atoms with Gasteiger partial charge in [0.25, 0.3) is 0 Å². The van der Waals surface area contributed by atoms with E-state index in [9.17, 15) is 19.8 Å². The molecule has 0 amide bonds. The Morgan fingerprint density at radius 3 is 2.43 bits per heavy atom. The highest BCUT2D eigenvalue weighted by atomic mass is 16.3. The Morgan fingerprint density at radius 2 is 1.86 bits per heavy atom. The lowest BCUT2D eigenvalue weighted by Crippen LogP contribution is -2.29. The molecule has 1 aromatic carbocycles. The van der Waals surface area contributed by atoms with Gasteiger partial charge in [0.15, 0.2) is 0 Å². The first-order valence-electron chi connectivity index (χ1n) is 6.37. The van der Waals surface area contributed by atoms with Gasteiger partial charge in [0.2, 0.25) is 11.6 Å². The standard InChI is InChI=1S/C16H15NO4/c1-9(18)7-8-11-14(17(2)3)16(21)10-5-4-6-12(19)13(10)15(11)20/h4-6,9,18-19H,1-3H3/t9-/m0/s1. The highest BCUT2D eigenvalue weighted by Crippen LogP contribution is 2.32. The fourth-order valence-electron chi connectivity index (χ4n) is 2.16. The van der Waals surface area contributed by atoms with Gasteiger partial charge in [-0.25, -0.2) is 0 Å². The van der Waals surface area contributed by atoms with Crippen molar-refractivity contribution in [3.8, 4) is 17.6 Å². The minimum absolute atomic E-state index is 0.0140. The molecule has 5 heteroatoms. The van der Waals surface area contributed by atoms with E-state index in [2.05, 4.69) is 11.8 Å². The Morgan fingerprint density at radius 1 is 1.19 bits per heavy atom. The molecule has 0 fully saturated rings. The average molecular weight is 285 g/mol. The van der Waals surface area contributed by atoms with Crippen LogP contribution in [0.25, 0.3) is 0 Å². The van der Waals surface area contributed by atoms with Crippen molar-refractivity contribution in [2.24, 2.45) is 0 Å². The molecule has 2 N–H and O–H groups in total. The number of Topliss-reactive ketones (excluding diaryl/α,β-unsaturated/α-hetero) is 2. The Balaban J connectivity index is 2.73. The molecule has 0 spiro atoms. The summed E-state index contributed by atoms with van der Waals surface area (Å²) in [5.74, 6) is 3.89. The molecule has 0 aliphatic heterocycles. The summed E-state index contributed by atoms with van der Waals surface area (Å²) >= 11 is 0. The molecule has 1 aliphatic carbocycles. The zero-order valence-electron chi connectivity index (χ0n) is 12.0. The Hall–Kier alpha value is -2.58. The SMILES string of the molecule is C[C@H](O)C#CC1=C(N(C)C)C(=O)c2cccc(O)c2C1=O. The van der Waals surface area contributed by atoms with Gasteiger partial charge in [0.1, 0.15) is 23.1 Å². The number of benzene rings is 1. The van der Waals surface area contributed by atoms with Crippen molar-refractivity contribution in [1.82, 2.24) is 4.90 Å². The molecule has 0 bridgehead atoms. The smallest absolute Gasteiger partial charge is 0.211 e. The van der Waals surface area contributed by atoms with E-state index in [-0.39, 0.29) is 33.9 Å². The minimum atomic E-state index is -0.922. The fourth-order valence-corrected chi connectivity index (χ4v) is 2.16. The number of phenolic OH excluding ortho intramolecular Hbond substituents is 1. The van der Waals surface area contributed by atoms with Crippen LogP contribution in [-0.2, 0) is 0 Å². The third kappa shape index (κ3) is 2.54. The number of phenols is 1. The van der Waals surface area contributed by atoms with E-state index in [1.165, 1.54) is 30.0 Å². The van der Waals surface area contributed by atoms with E-state index in [1.807, 2.05) is 0 Å². The number of likely N-dealkylation sites (N-methyl/N-ethyl adjacent to an activating group) is 1. The van der Waals surface area contributed by atoms with Crippen LogP contribution >= 0.6 is 0 Å². The highest BCUT2D eigenvalue weighted by Gasteiger charge is 2.34. The van der Waals surface area contributed by atoms with E-state index < -0.39 is 11.9 Å². The van der Waals surface area contributed by atoms with Crippen LogP contribution < -0.4 is 0 Å². The molecule has 0 heterocycles. The summed E-state index contributed by atoms with van der Waals surface area (Å²) in [6, 6.07) is 4.36. The zero-order chi connectivity index (χ0) is 15.7. The molecular weight excluding hydrogens is 270 g/mol. The minimum Gasteiger partial charge on any atom is -0.507 e. The lowest BCUT2D eigenvalue weighted by molar-refractivity contribution is 0.0954. The number of rotatable bonds is 1. The second-order valence-corrected chi connectivity index (χ2v) is 4.92. The van der Waals surface area contributed by atoms with Crippen molar-refractivity contribution in [3.63, 3.8) is 0 Å². The van der Waals surface area contributed by atoms with Gasteiger partial charge in [-0.2, -0.15) is 0 Å². The molecule has 0 unspecified atom stereocenters. The summed E-state index contributed by atoms with van der Waals surface area (Å²) in [5.41, 5.74) is 0.264. The Labute approximate surface area is 122 Å². The number of hydrogen-bond donors (Lipinski definition) is 2. The summed E-state index contributed by atoms with van der Waals surface area (Å²) in [5, 5.41) is 19.1. The number of carbonyl (C=O) groups excluding carboxylic acids is 2. The number of aromatic hydroxyl groups is 1. The number of carbonyl (C=O) groups is 2. The number of aliphatic hydroxyl groups excluding tert-OH is 1. The van der Waals surface area contributed by atoms with E-state index in [4.69, 9.17) is 0 Å². The quantitative estimate of drug-likeness (QED) is 0.752.